The van der Waals surface area contributed by atoms with Gasteiger partial charge in [0.05, 0.1) is 6.26 Å². The standard InChI is InChI=1S/C14H10N4O3/c1-2-5-12-11(4-1)15-17-18(12)20-9-10-8-14(21-16-10)13-6-3-7-19-13/h1-8H,9H2. The average molecular weight is 282 g/mol. The molecule has 0 fully saturated rings. The van der Waals surface area contributed by atoms with E-state index in [9.17, 15) is 0 Å². The highest BCUT2D eigenvalue weighted by Gasteiger charge is 2.10. The molecule has 0 atom stereocenters. The summed E-state index contributed by atoms with van der Waals surface area (Å²) in [5.74, 6) is 1.18. The zero-order valence-corrected chi connectivity index (χ0v) is 10.8. The van der Waals surface area contributed by atoms with Gasteiger partial charge < -0.3 is 13.8 Å². The average Bonchev–Trinajstić information content (AvgIpc) is 3.25. The Balaban J connectivity index is 1.52. The predicted octanol–water partition coefficient (Wildman–Crippen LogP) is 2.31. The van der Waals surface area contributed by atoms with Crippen molar-refractivity contribution in [1.29, 1.82) is 0 Å². The first-order valence-electron chi connectivity index (χ1n) is 6.33. The number of aromatic nitrogens is 4. The normalized spacial score (nSPS) is 11.0. The van der Waals surface area contributed by atoms with E-state index >= 15 is 0 Å². The third kappa shape index (κ3) is 2.14. The Labute approximate surface area is 118 Å². The van der Waals surface area contributed by atoms with E-state index in [0.717, 1.165) is 11.0 Å². The van der Waals surface area contributed by atoms with E-state index in [1.807, 2.05) is 24.3 Å². The van der Waals surface area contributed by atoms with Crippen LogP contribution in [0.2, 0.25) is 0 Å². The summed E-state index contributed by atoms with van der Waals surface area (Å²) in [7, 11) is 0. The largest absolute Gasteiger partial charge is 0.461 e. The van der Waals surface area contributed by atoms with Crippen LogP contribution in [0.5, 0.6) is 0 Å². The number of para-hydroxylation sites is 1. The van der Waals surface area contributed by atoms with Crippen molar-refractivity contribution in [2.45, 2.75) is 6.61 Å². The minimum Gasteiger partial charge on any atom is -0.461 e. The molecule has 7 nitrogen and oxygen atoms in total. The highest BCUT2D eigenvalue weighted by atomic mass is 16.7. The van der Waals surface area contributed by atoms with Crippen LogP contribution in [-0.4, -0.2) is 20.3 Å². The summed E-state index contributed by atoms with van der Waals surface area (Å²) in [5.41, 5.74) is 2.21. The number of hydrogen-bond acceptors (Lipinski definition) is 6. The second-order valence-electron chi connectivity index (χ2n) is 4.38. The monoisotopic (exact) mass is 282 g/mol. The fourth-order valence-electron chi connectivity index (χ4n) is 1.98. The molecule has 1 aromatic carbocycles. The molecule has 4 aromatic rings. The van der Waals surface area contributed by atoms with Crippen LogP contribution in [0.3, 0.4) is 0 Å². The lowest BCUT2D eigenvalue weighted by Gasteiger charge is -2.01. The first-order chi connectivity index (χ1) is 10.4. The van der Waals surface area contributed by atoms with E-state index < -0.39 is 0 Å². The van der Waals surface area contributed by atoms with Gasteiger partial charge in [-0.15, -0.1) is 5.10 Å². The van der Waals surface area contributed by atoms with Crippen molar-refractivity contribution in [2.75, 3.05) is 0 Å². The minimum atomic E-state index is 0.220. The molecule has 4 rings (SSSR count). The number of fused-ring (bicyclic) bond motifs is 1. The number of nitrogens with zero attached hydrogens (tertiary/aromatic N) is 4. The Hall–Kier alpha value is -3.09. The molecular formula is C14H10N4O3. The van der Waals surface area contributed by atoms with Crippen molar-refractivity contribution in [2.24, 2.45) is 0 Å². The van der Waals surface area contributed by atoms with E-state index in [0.29, 0.717) is 17.2 Å². The molecule has 0 bridgehead atoms. The van der Waals surface area contributed by atoms with Crippen LogP contribution in [0.1, 0.15) is 5.69 Å². The second-order valence-corrected chi connectivity index (χ2v) is 4.38. The van der Waals surface area contributed by atoms with Gasteiger partial charge >= 0.3 is 0 Å². The summed E-state index contributed by atoms with van der Waals surface area (Å²) in [4.78, 5) is 6.94. The fourth-order valence-corrected chi connectivity index (χ4v) is 1.98. The molecule has 0 aliphatic rings. The van der Waals surface area contributed by atoms with Gasteiger partial charge in [0.15, 0.2) is 12.4 Å². The lowest BCUT2D eigenvalue weighted by molar-refractivity contribution is 0.0715. The lowest BCUT2D eigenvalue weighted by atomic mass is 10.3. The summed E-state index contributed by atoms with van der Waals surface area (Å²) in [5, 5.41) is 11.9. The maximum Gasteiger partial charge on any atom is 0.202 e. The van der Waals surface area contributed by atoms with Crippen LogP contribution in [0.25, 0.3) is 22.6 Å². The van der Waals surface area contributed by atoms with Gasteiger partial charge in [-0.05, 0) is 29.5 Å². The maximum absolute atomic E-state index is 5.57. The smallest absolute Gasteiger partial charge is 0.202 e. The molecule has 0 saturated heterocycles. The molecule has 0 spiro atoms. The van der Waals surface area contributed by atoms with Crippen molar-refractivity contribution in [3.8, 4) is 11.5 Å². The molecule has 0 aliphatic heterocycles. The van der Waals surface area contributed by atoms with Crippen LogP contribution in [0.4, 0.5) is 0 Å². The van der Waals surface area contributed by atoms with Crippen molar-refractivity contribution >= 4 is 11.0 Å². The van der Waals surface area contributed by atoms with E-state index in [2.05, 4.69) is 15.5 Å². The third-order valence-corrected chi connectivity index (χ3v) is 2.98. The van der Waals surface area contributed by atoms with Crippen LogP contribution in [0.15, 0.2) is 57.7 Å². The number of hydrogen-bond donors (Lipinski definition) is 0. The topological polar surface area (TPSA) is 79.1 Å². The molecule has 21 heavy (non-hydrogen) atoms. The molecule has 3 heterocycles. The summed E-state index contributed by atoms with van der Waals surface area (Å²) in [6.07, 6.45) is 1.58. The highest BCUT2D eigenvalue weighted by Crippen LogP contribution is 2.20. The molecule has 0 aliphatic carbocycles. The van der Waals surface area contributed by atoms with Gasteiger partial charge in [0, 0.05) is 6.07 Å². The highest BCUT2D eigenvalue weighted by molar-refractivity contribution is 5.73. The van der Waals surface area contributed by atoms with Gasteiger partial charge in [0.1, 0.15) is 16.7 Å². The zero-order valence-electron chi connectivity index (χ0n) is 10.8. The molecule has 0 N–H and O–H groups in total. The zero-order chi connectivity index (χ0) is 14.1. The van der Waals surface area contributed by atoms with Gasteiger partial charge in [-0.2, -0.15) is 0 Å². The van der Waals surface area contributed by atoms with Gasteiger partial charge in [-0.1, -0.05) is 22.1 Å². The molecule has 0 amide bonds. The fraction of sp³-hybridized carbons (Fsp3) is 0.0714. The Kier molecular flexibility index (Phi) is 2.67. The molecular weight excluding hydrogens is 272 g/mol. The summed E-state index contributed by atoms with van der Waals surface area (Å²) < 4.78 is 10.4. The van der Waals surface area contributed by atoms with Crippen LogP contribution < -0.4 is 4.84 Å². The Morgan fingerprint density at radius 1 is 1.10 bits per heavy atom. The van der Waals surface area contributed by atoms with Gasteiger partial charge in [-0.25, -0.2) is 0 Å². The first-order valence-corrected chi connectivity index (χ1v) is 6.33. The Morgan fingerprint density at radius 2 is 2.05 bits per heavy atom. The Bertz CT molecular complexity index is 863. The summed E-state index contributed by atoms with van der Waals surface area (Å²) in [6.45, 7) is 0.220. The van der Waals surface area contributed by atoms with E-state index in [1.54, 1.807) is 24.5 Å². The van der Waals surface area contributed by atoms with Crippen molar-refractivity contribution in [3.05, 3.63) is 54.4 Å². The van der Waals surface area contributed by atoms with Crippen LogP contribution >= 0.6 is 0 Å². The first kappa shape index (κ1) is 11.7. The van der Waals surface area contributed by atoms with Gasteiger partial charge in [0.25, 0.3) is 0 Å². The quantitative estimate of drug-likeness (QED) is 0.571. The Morgan fingerprint density at radius 3 is 2.95 bits per heavy atom. The van der Waals surface area contributed by atoms with E-state index in [-0.39, 0.29) is 6.61 Å². The number of benzene rings is 1. The molecule has 0 saturated carbocycles. The molecule has 0 radical (unpaired) electrons. The predicted molar refractivity (Wildman–Crippen MR) is 72.0 cm³/mol. The molecule has 7 heteroatoms. The van der Waals surface area contributed by atoms with Crippen molar-refractivity contribution in [3.63, 3.8) is 0 Å². The SMILES string of the molecule is c1coc(-c2cc(COn3nnc4ccccc43)no2)c1. The van der Waals surface area contributed by atoms with Crippen molar-refractivity contribution in [1.82, 2.24) is 20.3 Å². The molecule has 104 valence electrons. The van der Waals surface area contributed by atoms with Crippen LogP contribution in [0, 0.1) is 0 Å². The lowest BCUT2D eigenvalue weighted by Crippen LogP contribution is -2.12. The number of rotatable bonds is 4. The van der Waals surface area contributed by atoms with E-state index in [1.165, 1.54) is 4.85 Å². The van der Waals surface area contributed by atoms with Gasteiger partial charge in [-0.3, -0.25) is 0 Å². The van der Waals surface area contributed by atoms with Crippen molar-refractivity contribution < 1.29 is 13.8 Å². The maximum atomic E-state index is 5.57. The van der Waals surface area contributed by atoms with E-state index in [4.69, 9.17) is 13.8 Å². The molecule has 0 unspecified atom stereocenters. The third-order valence-electron chi connectivity index (χ3n) is 2.98. The molecule has 3 aromatic heterocycles. The summed E-state index contributed by atoms with van der Waals surface area (Å²) >= 11 is 0. The van der Waals surface area contributed by atoms with Crippen LogP contribution in [-0.2, 0) is 6.61 Å². The second kappa shape index (κ2) is 4.78. The van der Waals surface area contributed by atoms with Gasteiger partial charge in [0.2, 0.25) is 5.76 Å². The summed E-state index contributed by atoms with van der Waals surface area (Å²) in [6, 6.07) is 12.9. The number of furan rings is 1. The minimum absolute atomic E-state index is 0.220.